The summed E-state index contributed by atoms with van der Waals surface area (Å²) in [4.78, 5) is 6.95. The van der Waals surface area contributed by atoms with Crippen molar-refractivity contribution in [3.63, 3.8) is 0 Å². The van der Waals surface area contributed by atoms with E-state index in [1.165, 1.54) is 37.1 Å². The Hall–Kier alpha value is -1.55. The number of likely N-dealkylation sites (tertiary alicyclic amines) is 1. The summed E-state index contributed by atoms with van der Waals surface area (Å²) < 4.78 is 0. The number of hydrogen-bond donors (Lipinski definition) is 2. The summed E-state index contributed by atoms with van der Waals surface area (Å²) in [6.07, 6.45) is 2.66. The predicted molar refractivity (Wildman–Crippen MR) is 98.3 cm³/mol. The molecule has 3 N–H and O–H groups in total. The smallest absolute Gasteiger partial charge is 0.188 e. The van der Waals surface area contributed by atoms with E-state index in [4.69, 9.17) is 5.73 Å². The molecule has 4 nitrogen and oxygen atoms in total. The molecule has 0 radical (unpaired) electrons. The molecular formula is C19H32N4. The van der Waals surface area contributed by atoms with E-state index in [1.54, 1.807) is 0 Å². The van der Waals surface area contributed by atoms with Gasteiger partial charge in [0, 0.05) is 13.1 Å². The van der Waals surface area contributed by atoms with Gasteiger partial charge in [-0.1, -0.05) is 45.0 Å². The summed E-state index contributed by atoms with van der Waals surface area (Å²) in [6.45, 7) is 11.7. The van der Waals surface area contributed by atoms with Gasteiger partial charge >= 0.3 is 0 Å². The van der Waals surface area contributed by atoms with Gasteiger partial charge in [-0.2, -0.15) is 0 Å². The molecule has 0 atom stereocenters. The van der Waals surface area contributed by atoms with Gasteiger partial charge < -0.3 is 11.1 Å². The highest BCUT2D eigenvalue weighted by Crippen LogP contribution is 2.18. The molecule has 1 aliphatic heterocycles. The van der Waals surface area contributed by atoms with Crippen LogP contribution in [0.15, 0.2) is 29.3 Å². The standard InChI is InChI=1S/C19H32N4/c1-15(2)12-21-19(20)22-13-17-4-6-18(7-5-17)14-23-10-8-16(3)9-11-23/h4-7,15-16H,8-14H2,1-3H3,(H3,20,21,22). The van der Waals surface area contributed by atoms with Crippen LogP contribution < -0.4 is 11.1 Å². The Morgan fingerprint density at radius 1 is 1.22 bits per heavy atom. The first-order chi connectivity index (χ1) is 11.0. The monoisotopic (exact) mass is 316 g/mol. The van der Waals surface area contributed by atoms with E-state index in [9.17, 15) is 0 Å². The van der Waals surface area contributed by atoms with Crippen molar-refractivity contribution in [2.24, 2.45) is 22.6 Å². The molecule has 0 aliphatic carbocycles. The van der Waals surface area contributed by atoms with Gasteiger partial charge in [0.25, 0.3) is 0 Å². The number of nitrogens with two attached hydrogens (primary N) is 1. The third kappa shape index (κ3) is 6.61. The van der Waals surface area contributed by atoms with E-state index in [-0.39, 0.29) is 0 Å². The molecule has 23 heavy (non-hydrogen) atoms. The van der Waals surface area contributed by atoms with Crippen LogP contribution in [0.5, 0.6) is 0 Å². The summed E-state index contributed by atoms with van der Waals surface area (Å²) in [5, 5.41) is 3.14. The molecule has 0 aromatic heterocycles. The van der Waals surface area contributed by atoms with Gasteiger partial charge in [-0.25, -0.2) is 4.99 Å². The van der Waals surface area contributed by atoms with Crippen LogP contribution in [0.25, 0.3) is 0 Å². The maximum atomic E-state index is 5.87. The van der Waals surface area contributed by atoms with E-state index in [0.29, 0.717) is 18.4 Å². The lowest BCUT2D eigenvalue weighted by Crippen LogP contribution is -2.34. The highest BCUT2D eigenvalue weighted by molar-refractivity contribution is 5.77. The van der Waals surface area contributed by atoms with Crippen LogP contribution in [0.4, 0.5) is 0 Å². The number of nitrogens with zero attached hydrogens (tertiary/aromatic N) is 2. The van der Waals surface area contributed by atoms with Gasteiger partial charge in [0.1, 0.15) is 0 Å². The van der Waals surface area contributed by atoms with Crippen molar-refractivity contribution in [2.75, 3.05) is 19.6 Å². The number of piperidine rings is 1. The summed E-state index contributed by atoms with van der Waals surface area (Å²) in [5.74, 6) is 1.99. The maximum absolute atomic E-state index is 5.87. The number of nitrogens with one attached hydrogen (secondary N) is 1. The zero-order chi connectivity index (χ0) is 16.7. The molecule has 4 heteroatoms. The number of benzene rings is 1. The second-order valence-corrected chi connectivity index (χ2v) is 7.25. The van der Waals surface area contributed by atoms with Gasteiger partial charge in [-0.05, 0) is 48.9 Å². The van der Waals surface area contributed by atoms with E-state index >= 15 is 0 Å². The van der Waals surface area contributed by atoms with Crippen molar-refractivity contribution >= 4 is 5.96 Å². The highest BCUT2D eigenvalue weighted by atomic mass is 15.1. The molecular weight excluding hydrogens is 284 g/mol. The van der Waals surface area contributed by atoms with Crippen LogP contribution in [-0.2, 0) is 13.1 Å². The van der Waals surface area contributed by atoms with Crippen molar-refractivity contribution < 1.29 is 0 Å². The van der Waals surface area contributed by atoms with Crippen LogP contribution in [-0.4, -0.2) is 30.5 Å². The third-order valence-corrected chi connectivity index (χ3v) is 4.43. The molecule has 1 aromatic carbocycles. The molecule has 128 valence electrons. The predicted octanol–water partition coefficient (Wildman–Crippen LogP) is 2.98. The van der Waals surface area contributed by atoms with Crippen LogP contribution in [0.2, 0.25) is 0 Å². The first kappa shape index (κ1) is 17.8. The van der Waals surface area contributed by atoms with Crippen molar-refractivity contribution in [1.29, 1.82) is 0 Å². The number of aliphatic imine (C=N–C) groups is 1. The lowest BCUT2D eigenvalue weighted by atomic mass is 9.99. The Bertz CT molecular complexity index is 485. The van der Waals surface area contributed by atoms with Gasteiger partial charge in [-0.3, -0.25) is 4.90 Å². The molecule has 0 unspecified atom stereocenters. The summed E-state index contributed by atoms with van der Waals surface area (Å²) >= 11 is 0. The minimum absolute atomic E-state index is 0.533. The van der Waals surface area contributed by atoms with Gasteiger partial charge in [-0.15, -0.1) is 0 Å². The molecule has 1 aliphatic rings. The molecule has 1 saturated heterocycles. The van der Waals surface area contributed by atoms with E-state index < -0.39 is 0 Å². The Kier molecular flexibility index (Phi) is 6.90. The first-order valence-corrected chi connectivity index (χ1v) is 8.87. The molecule has 0 bridgehead atoms. The first-order valence-electron chi connectivity index (χ1n) is 8.87. The van der Waals surface area contributed by atoms with Gasteiger partial charge in [0.05, 0.1) is 6.54 Å². The SMILES string of the molecule is CC(C)CNC(N)=NCc1ccc(CN2CCC(C)CC2)cc1. The van der Waals surface area contributed by atoms with Crippen molar-refractivity contribution in [2.45, 2.75) is 46.7 Å². The quantitative estimate of drug-likeness (QED) is 0.626. The fourth-order valence-corrected chi connectivity index (χ4v) is 2.77. The van der Waals surface area contributed by atoms with Gasteiger partial charge in [0.15, 0.2) is 5.96 Å². The van der Waals surface area contributed by atoms with Crippen molar-refractivity contribution in [3.8, 4) is 0 Å². The molecule has 0 spiro atoms. The van der Waals surface area contributed by atoms with Crippen LogP contribution in [0, 0.1) is 11.8 Å². The third-order valence-electron chi connectivity index (χ3n) is 4.43. The van der Waals surface area contributed by atoms with Crippen LogP contribution >= 0.6 is 0 Å². The lowest BCUT2D eigenvalue weighted by molar-refractivity contribution is 0.185. The second-order valence-electron chi connectivity index (χ2n) is 7.25. The minimum Gasteiger partial charge on any atom is -0.370 e. The van der Waals surface area contributed by atoms with Gasteiger partial charge in [0.2, 0.25) is 0 Å². The summed E-state index contributed by atoms with van der Waals surface area (Å²) in [5.41, 5.74) is 8.46. The number of rotatable bonds is 6. The normalized spacial score (nSPS) is 17.7. The number of hydrogen-bond acceptors (Lipinski definition) is 2. The zero-order valence-corrected chi connectivity index (χ0v) is 14.9. The molecule has 0 saturated carbocycles. The van der Waals surface area contributed by atoms with E-state index in [0.717, 1.165) is 19.0 Å². The van der Waals surface area contributed by atoms with Crippen molar-refractivity contribution in [1.82, 2.24) is 10.2 Å². The Morgan fingerprint density at radius 3 is 2.43 bits per heavy atom. The van der Waals surface area contributed by atoms with E-state index in [2.05, 4.69) is 60.2 Å². The van der Waals surface area contributed by atoms with Crippen LogP contribution in [0.3, 0.4) is 0 Å². The second kappa shape index (κ2) is 8.92. The summed E-state index contributed by atoms with van der Waals surface area (Å²) in [6, 6.07) is 8.78. The molecule has 0 amide bonds. The fourth-order valence-electron chi connectivity index (χ4n) is 2.77. The number of guanidine groups is 1. The Morgan fingerprint density at radius 2 is 1.83 bits per heavy atom. The lowest BCUT2D eigenvalue weighted by Gasteiger charge is -2.30. The van der Waals surface area contributed by atoms with Crippen LogP contribution in [0.1, 0.15) is 44.7 Å². The Labute approximate surface area is 141 Å². The largest absolute Gasteiger partial charge is 0.370 e. The minimum atomic E-state index is 0.533. The molecule has 1 aromatic rings. The average molecular weight is 316 g/mol. The molecule has 1 heterocycles. The molecule has 2 rings (SSSR count). The Balaban J connectivity index is 1.79. The highest BCUT2D eigenvalue weighted by Gasteiger charge is 2.15. The molecule has 1 fully saturated rings. The van der Waals surface area contributed by atoms with E-state index in [1.807, 2.05) is 0 Å². The zero-order valence-electron chi connectivity index (χ0n) is 14.9. The maximum Gasteiger partial charge on any atom is 0.188 e. The summed E-state index contributed by atoms with van der Waals surface area (Å²) in [7, 11) is 0. The topological polar surface area (TPSA) is 53.6 Å². The van der Waals surface area contributed by atoms with Crippen molar-refractivity contribution in [3.05, 3.63) is 35.4 Å². The fraction of sp³-hybridized carbons (Fsp3) is 0.632. The average Bonchev–Trinajstić information content (AvgIpc) is 2.54.